The summed E-state index contributed by atoms with van der Waals surface area (Å²) in [5.41, 5.74) is 0.978. The van der Waals surface area contributed by atoms with Gasteiger partial charge in [0.05, 0.1) is 49.1 Å². The molecule has 0 unspecified atom stereocenters. The first-order valence-electron chi connectivity index (χ1n) is 8.30. The molecule has 2 atom stereocenters. The first-order chi connectivity index (χ1) is 11.8. The Morgan fingerprint density at radius 1 is 1.24 bits per heavy atom. The summed E-state index contributed by atoms with van der Waals surface area (Å²) in [6.07, 6.45) is 0. The predicted molar refractivity (Wildman–Crippen MR) is 94.4 cm³/mol. The molecule has 0 aliphatic carbocycles. The fourth-order valence-corrected chi connectivity index (χ4v) is 5.88. The Balaban J connectivity index is 1.46. The zero-order valence-electron chi connectivity index (χ0n) is 13.7. The van der Waals surface area contributed by atoms with Gasteiger partial charge in [-0.25, -0.2) is 12.8 Å². The van der Waals surface area contributed by atoms with Gasteiger partial charge >= 0.3 is 0 Å². The van der Waals surface area contributed by atoms with Crippen molar-refractivity contribution in [1.82, 2.24) is 5.32 Å². The summed E-state index contributed by atoms with van der Waals surface area (Å²) in [5, 5.41) is 2.20. The third kappa shape index (κ3) is 4.83. The van der Waals surface area contributed by atoms with E-state index >= 15 is 0 Å². The van der Waals surface area contributed by atoms with E-state index in [1.807, 2.05) is 0 Å². The molecule has 1 amide bonds. The quantitative estimate of drug-likeness (QED) is 0.650. The molecule has 25 heavy (non-hydrogen) atoms. The first kappa shape index (κ1) is 18.4. The highest BCUT2D eigenvalue weighted by Crippen LogP contribution is 2.18. The number of rotatable bonds is 4. The summed E-state index contributed by atoms with van der Waals surface area (Å²) in [6, 6.07) is 5.90. The monoisotopic (exact) mass is 390 g/mol. The average molecular weight is 391 g/mol. The standard InChI is InChI=1S/C16H21ClFN3O3S/c17-14-10-25(23,24)11-15(14)19-16(22)9-20-5-7-21(8-6-20)13-3-1-12(18)2-4-13/h1-4,14-15H,5-11H2,(H,19,22)/p+1/t14-,15+/m1/s1. The Bertz CT molecular complexity index is 721. The molecule has 1 aromatic carbocycles. The van der Waals surface area contributed by atoms with Gasteiger partial charge in [-0.3, -0.25) is 4.79 Å². The van der Waals surface area contributed by atoms with E-state index < -0.39 is 21.3 Å². The number of alkyl halides is 1. The number of piperazine rings is 1. The summed E-state index contributed by atoms with van der Waals surface area (Å²) in [7, 11) is -3.15. The second-order valence-electron chi connectivity index (χ2n) is 6.66. The van der Waals surface area contributed by atoms with E-state index in [1.165, 1.54) is 12.1 Å². The number of nitrogens with one attached hydrogen (secondary N) is 2. The van der Waals surface area contributed by atoms with E-state index in [4.69, 9.17) is 11.6 Å². The van der Waals surface area contributed by atoms with Crippen LogP contribution in [0.1, 0.15) is 0 Å². The molecule has 0 radical (unpaired) electrons. The highest BCUT2D eigenvalue weighted by molar-refractivity contribution is 7.91. The second kappa shape index (κ2) is 7.47. The van der Waals surface area contributed by atoms with E-state index in [0.29, 0.717) is 6.54 Å². The Hall–Kier alpha value is -1.38. The molecule has 2 saturated heterocycles. The third-order valence-electron chi connectivity index (χ3n) is 4.70. The van der Waals surface area contributed by atoms with Gasteiger partial charge in [0, 0.05) is 5.69 Å². The lowest BCUT2D eigenvalue weighted by molar-refractivity contribution is -0.892. The third-order valence-corrected chi connectivity index (χ3v) is 7.08. The molecule has 2 aliphatic rings. The van der Waals surface area contributed by atoms with Crippen molar-refractivity contribution in [2.45, 2.75) is 11.4 Å². The van der Waals surface area contributed by atoms with Gasteiger partial charge < -0.3 is 15.1 Å². The van der Waals surface area contributed by atoms with Crippen molar-refractivity contribution in [2.75, 3.05) is 49.1 Å². The van der Waals surface area contributed by atoms with Crippen molar-refractivity contribution in [3.05, 3.63) is 30.1 Å². The van der Waals surface area contributed by atoms with Crippen LogP contribution in [0.25, 0.3) is 0 Å². The minimum Gasteiger partial charge on any atom is -0.360 e. The van der Waals surface area contributed by atoms with Crippen LogP contribution >= 0.6 is 11.6 Å². The van der Waals surface area contributed by atoms with Gasteiger partial charge in [0.2, 0.25) is 0 Å². The number of amides is 1. The van der Waals surface area contributed by atoms with Gasteiger partial charge in [-0.15, -0.1) is 11.6 Å². The molecule has 2 heterocycles. The van der Waals surface area contributed by atoms with Gasteiger partial charge in [-0.1, -0.05) is 0 Å². The van der Waals surface area contributed by atoms with Crippen molar-refractivity contribution in [3.63, 3.8) is 0 Å². The fourth-order valence-electron chi connectivity index (χ4n) is 3.33. The van der Waals surface area contributed by atoms with E-state index in [0.717, 1.165) is 36.8 Å². The SMILES string of the molecule is O=C(C[NH+]1CCN(c2ccc(F)cc2)CC1)N[C@H]1CS(=O)(=O)C[C@H]1Cl. The number of nitrogens with zero attached hydrogens (tertiary/aromatic N) is 1. The predicted octanol–water partition coefficient (Wildman–Crippen LogP) is -0.949. The summed E-state index contributed by atoms with van der Waals surface area (Å²) in [5.74, 6) is -0.585. The summed E-state index contributed by atoms with van der Waals surface area (Å²) in [4.78, 5) is 15.5. The number of hydrogen-bond donors (Lipinski definition) is 2. The van der Waals surface area contributed by atoms with Gasteiger partial charge in [0.15, 0.2) is 16.4 Å². The van der Waals surface area contributed by atoms with Crippen LogP contribution in [0, 0.1) is 5.82 Å². The topological polar surface area (TPSA) is 70.9 Å². The van der Waals surface area contributed by atoms with Crippen molar-refractivity contribution in [1.29, 1.82) is 0 Å². The smallest absolute Gasteiger partial charge is 0.275 e. The van der Waals surface area contributed by atoms with Crippen LogP contribution in [-0.4, -0.2) is 70.0 Å². The highest BCUT2D eigenvalue weighted by Gasteiger charge is 2.37. The minimum absolute atomic E-state index is 0.0807. The summed E-state index contributed by atoms with van der Waals surface area (Å²) in [6.45, 7) is 3.45. The molecule has 0 saturated carbocycles. The molecular weight excluding hydrogens is 369 g/mol. The lowest BCUT2D eigenvalue weighted by Gasteiger charge is -2.33. The number of sulfone groups is 1. The molecule has 138 valence electrons. The number of anilines is 1. The van der Waals surface area contributed by atoms with Crippen LogP contribution in [0.2, 0.25) is 0 Å². The molecule has 9 heteroatoms. The van der Waals surface area contributed by atoms with Crippen LogP contribution in [0.4, 0.5) is 10.1 Å². The van der Waals surface area contributed by atoms with E-state index in [-0.39, 0.29) is 23.2 Å². The Morgan fingerprint density at radius 3 is 2.44 bits per heavy atom. The summed E-state index contributed by atoms with van der Waals surface area (Å²) < 4.78 is 36.1. The van der Waals surface area contributed by atoms with E-state index in [9.17, 15) is 17.6 Å². The molecule has 2 aliphatic heterocycles. The zero-order valence-corrected chi connectivity index (χ0v) is 15.3. The molecule has 2 fully saturated rings. The number of hydrogen-bond acceptors (Lipinski definition) is 4. The molecule has 1 aromatic rings. The highest BCUT2D eigenvalue weighted by atomic mass is 35.5. The number of halogens is 2. The Morgan fingerprint density at radius 2 is 1.88 bits per heavy atom. The lowest BCUT2D eigenvalue weighted by atomic mass is 10.2. The second-order valence-corrected chi connectivity index (χ2v) is 9.37. The van der Waals surface area contributed by atoms with E-state index in [2.05, 4.69) is 10.2 Å². The van der Waals surface area contributed by atoms with Crippen molar-refractivity contribution < 1.29 is 22.5 Å². The van der Waals surface area contributed by atoms with Gasteiger partial charge in [-0.2, -0.15) is 0 Å². The van der Waals surface area contributed by atoms with Crippen LogP contribution < -0.4 is 15.1 Å². The molecule has 3 rings (SSSR count). The number of carbonyl (C=O) groups is 1. The molecule has 0 bridgehead atoms. The van der Waals surface area contributed by atoms with Crippen molar-refractivity contribution >= 4 is 33.0 Å². The molecular formula is C16H22ClFN3O3S+. The summed E-state index contributed by atoms with van der Waals surface area (Å²) >= 11 is 6.01. The van der Waals surface area contributed by atoms with Crippen molar-refractivity contribution in [2.24, 2.45) is 0 Å². The zero-order chi connectivity index (χ0) is 18.0. The van der Waals surface area contributed by atoms with Crippen LogP contribution in [-0.2, 0) is 14.6 Å². The van der Waals surface area contributed by atoms with Crippen LogP contribution in [0.3, 0.4) is 0 Å². The average Bonchev–Trinajstić information content (AvgIpc) is 2.80. The molecule has 0 spiro atoms. The lowest BCUT2D eigenvalue weighted by Crippen LogP contribution is -3.16. The minimum atomic E-state index is -3.15. The van der Waals surface area contributed by atoms with Crippen LogP contribution in [0.5, 0.6) is 0 Å². The normalized spacial score (nSPS) is 26.6. The number of quaternary nitrogens is 1. The largest absolute Gasteiger partial charge is 0.360 e. The maximum absolute atomic E-state index is 13.0. The first-order valence-corrected chi connectivity index (χ1v) is 10.6. The molecule has 0 aromatic heterocycles. The van der Waals surface area contributed by atoms with Gasteiger partial charge in [0.1, 0.15) is 5.82 Å². The number of benzene rings is 1. The van der Waals surface area contributed by atoms with Crippen LogP contribution in [0.15, 0.2) is 24.3 Å². The fraction of sp³-hybridized carbons (Fsp3) is 0.562. The molecule has 2 N–H and O–H groups in total. The molecule has 6 nitrogen and oxygen atoms in total. The van der Waals surface area contributed by atoms with Gasteiger partial charge in [-0.05, 0) is 24.3 Å². The maximum Gasteiger partial charge on any atom is 0.275 e. The Labute approximate surface area is 151 Å². The van der Waals surface area contributed by atoms with Gasteiger partial charge in [0.25, 0.3) is 5.91 Å². The Kier molecular flexibility index (Phi) is 5.50. The maximum atomic E-state index is 13.0. The van der Waals surface area contributed by atoms with E-state index in [1.54, 1.807) is 12.1 Å². The van der Waals surface area contributed by atoms with Crippen molar-refractivity contribution in [3.8, 4) is 0 Å². The number of carbonyl (C=O) groups excluding carboxylic acids is 1.